The van der Waals surface area contributed by atoms with Crippen molar-refractivity contribution in [1.29, 1.82) is 0 Å². The van der Waals surface area contributed by atoms with Crippen LogP contribution in [0, 0.1) is 6.92 Å². The van der Waals surface area contributed by atoms with E-state index in [1.165, 1.54) is 15.0 Å². The molecule has 2 aromatic heterocycles. The van der Waals surface area contributed by atoms with Gasteiger partial charge in [-0.3, -0.25) is 0 Å². The van der Waals surface area contributed by atoms with E-state index in [1.54, 1.807) is 0 Å². The molecule has 0 saturated carbocycles. The van der Waals surface area contributed by atoms with Crippen molar-refractivity contribution in [2.75, 3.05) is 5.32 Å². The van der Waals surface area contributed by atoms with Crippen LogP contribution in [-0.2, 0) is 0 Å². The van der Waals surface area contributed by atoms with Crippen molar-refractivity contribution >= 4 is 43.0 Å². The molecule has 0 aliphatic carbocycles. The highest BCUT2D eigenvalue weighted by Crippen LogP contribution is 2.31. The Morgan fingerprint density at radius 2 is 2.00 bits per heavy atom. The molecule has 2 nitrogen and oxygen atoms in total. The predicted molar refractivity (Wildman–Crippen MR) is 90.5 cm³/mol. The summed E-state index contributed by atoms with van der Waals surface area (Å²) in [5.41, 5.74) is 2.09. The van der Waals surface area contributed by atoms with Gasteiger partial charge in [-0.15, -0.1) is 11.3 Å². The van der Waals surface area contributed by atoms with Crippen molar-refractivity contribution in [2.24, 2.45) is 0 Å². The number of aromatic nitrogens is 1. The van der Waals surface area contributed by atoms with Gasteiger partial charge in [0.05, 0.1) is 17.4 Å². The second kappa shape index (κ2) is 5.54. The smallest absolute Gasteiger partial charge is 0.106 e. The van der Waals surface area contributed by atoms with Gasteiger partial charge in [0.2, 0.25) is 0 Å². The molecule has 0 spiro atoms. The van der Waals surface area contributed by atoms with E-state index in [2.05, 4.69) is 69.6 Å². The van der Waals surface area contributed by atoms with Crippen LogP contribution in [0.15, 0.2) is 47.1 Å². The quantitative estimate of drug-likeness (QED) is 0.629. The lowest BCUT2D eigenvalue weighted by atomic mass is 10.2. The molecule has 1 N–H and O–H groups in total. The van der Waals surface area contributed by atoms with Crippen LogP contribution in [0.2, 0.25) is 0 Å². The van der Waals surface area contributed by atoms with Crippen LogP contribution in [-0.4, -0.2) is 4.98 Å². The number of rotatable bonds is 3. The van der Waals surface area contributed by atoms with Gasteiger partial charge in [0.1, 0.15) is 4.60 Å². The maximum atomic E-state index is 4.42. The molecule has 3 rings (SSSR count). The van der Waals surface area contributed by atoms with Crippen LogP contribution < -0.4 is 5.32 Å². The number of fused-ring (bicyclic) bond motifs is 1. The van der Waals surface area contributed by atoms with E-state index in [1.807, 2.05) is 24.3 Å². The minimum Gasteiger partial charge on any atom is -0.376 e. The Morgan fingerprint density at radius 1 is 1.20 bits per heavy atom. The second-order valence-electron chi connectivity index (χ2n) is 4.82. The van der Waals surface area contributed by atoms with Gasteiger partial charge in [-0.25, -0.2) is 4.98 Å². The van der Waals surface area contributed by atoms with Gasteiger partial charge in [0, 0.05) is 9.58 Å². The topological polar surface area (TPSA) is 24.9 Å². The van der Waals surface area contributed by atoms with Gasteiger partial charge >= 0.3 is 0 Å². The molecule has 0 bridgehead atoms. The van der Waals surface area contributed by atoms with Crippen LogP contribution in [0.5, 0.6) is 0 Å². The molecular formula is C16H15BrN2S. The fourth-order valence-corrected chi connectivity index (χ4v) is 3.67. The number of hydrogen-bond donors (Lipinski definition) is 1. The first-order valence-electron chi connectivity index (χ1n) is 6.51. The Kier molecular flexibility index (Phi) is 3.76. The number of thiophene rings is 1. The van der Waals surface area contributed by atoms with Crippen molar-refractivity contribution in [3.05, 3.63) is 57.6 Å². The number of aryl methyl sites for hydroxylation is 1. The lowest BCUT2D eigenvalue weighted by Gasteiger charge is -2.15. The lowest BCUT2D eigenvalue weighted by Crippen LogP contribution is -2.06. The van der Waals surface area contributed by atoms with E-state index in [0.717, 1.165) is 16.0 Å². The Labute approximate surface area is 131 Å². The van der Waals surface area contributed by atoms with Gasteiger partial charge < -0.3 is 5.32 Å². The highest BCUT2D eigenvalue weighted by atomic mass is 79.9. The number of anilines is 1. The molecule has 0 fully saturated rings. The summed E-state index contributed by atoms with van der Waals surface area (Å²) in [6.07, 6.45) is 0. The minimum absolute atomic E-state index is 0.272. The number of benzene rings is 1. The first-order chi connectivity index (χ1) is 9.63. The van der Waals surface area contributed by atoms with Crippen LogP contribution in [0.25, 0.3) is 10.1 Å². The molecule has 0 radical (unpaired) electrons. The van der Waals surface area contributed by atoms with Crippen LogP contribution in [0.1, 0.15) is 23.5 Å². The van der Waals surface area contributed by atoms with E-state index < -0.39 is 0 Å². The monoisotopic (exact) mass is 346 g/mol. The largest absolute Gasteiger partial charge is 0.376 e. The maximum absolute atomic E-state index is 4.42. The molecule has 1 unspecified atom stereocenters. The molecule has 0 aliphatic rings. The molecule has 0 amide bonds. The number of pyridine rings is 1. The molecule has 0 aliphatic heterocycles. The molecule has 0 saturated heterocycles. The third-order valence-corrected chi connectivity index (χ3v) is 5.04. The first kappa shape index (κ1) is 13.6. The molecule has 4 heteroatoms. The predicted octanol–water partition coefficient (Wildman–Crippen LogP) is 5.54. The zero-order valence-electron chi connectivity index (χ0n) is 11.4. The third-order valence-electron chi connectivity index (χ3n) is 3.30. The van der Waals surface area contributed by atoms with Gasteiger partial charge in [0.25, 0.3) is 0 Å². The van der Waals surface area contributed by atoms with Crippen molar-refractivity contribution in [1.82, 2.24) is 4.98 Å². The van der Waals surface area contributed by atoms with Crippen molar-refractivity contribution in [3.63, 3.8) is 0 Å². The Balaban J connectivity index is 1.86. The molecule has 1 aromatic carbocycles. The third kappa shape index (κ3) is 2.72. The standard InChI is InChI=1S/C16H15BrN2S/c1-10-13(7-8-16(17)19-10)18-11(2)15-9-12-5-3-4-6-14(12)20-15/h3-9,11,18H,1-2H3. The average Bonchev–Trinajstić information content (AvgIpc) is 2.86. The Morgan fingerprint density at radius 3 is 2.75 bits per heavy atom. The van der Waals surface area contributed by atoms with E-state index in [0.29, 0.717) is 0 Å². The summed E-state index contributed by atoms with van der Waals surface area (Å²) in [5.74, 6) is 0. The Hall–Kier alpha value is -1.39. The summed E-state index contributed by atoms with van der Waals surface area (Å²) in [5, 5.41) is 4.85. The van der Waals surface area contributed by atoms with Gasteiger partial charge in [-0.2, -0.15) is 0 Å². The molecular weight excluding hydrogens is 332 g/mol. The summed E-state index contributed by atoms with van der Waals surface area (Å²) in [7, 11) is 0. The number of hydrogen-bond acceptors (Lipinski definition) is 3. The van der Waals surface area contributed by atoms with E-state index in [-0.39, 0.29) is 6.04 Å². The fraction of sp³-hybridized carbons (Fsp3) is 0.188. The summed E-state index contributed by atoms with van der Waals surface area (Å²) in [4.78, 5) is 5.76. The van der Waals surface area contributed by atoms with E-state index >= 15 is 0 Å². The number of nitrogens with zero attached hydrogens (tertiary/aromatic N) is 1. The highest BCUT2D eigenvalue weighted by Gasteiger charge is 2.11. The minimum atomic E-state index is 0.272. The van der Waals surface area contributed by atoms with E-state index in [4.69, 9.17) is 0 Å². The number of halogens is 1. The molecule has 2 heterocycles. The van der Waals surface area contributed by atoms with Gasteiger partial charge in [-0.1, -0.05) is 18.2 Å². The molecule has 102 valence electrons. The van der Waals surface area contributed by atoms with Gasteiger partial charge in [0.15, 0.2) is 0 Å². The summed E-state index contributed by atoms with van der Waals surface area (Å²) in [6, 6.07) is 15.1. The first-order valence-corrected chi connectivity index (χ1v) is 8.12. The summed E-state index contributed by atoms with van der Waals surface area (Å²) in [6.45, 7) is 4.21. The second-order valence-corrected chi connectivity index (χ2v) is 6.75. The molecule has 1 atom stereocenters. The van der Waals surface area contributed by atoms with E-state index in [9.17, 15) is 0 Å². The maximum Gasteiger partial charge on any atom is 0.106 e. The van der Waals surface area contributed by atoms with Crippen LogP contribution in [0.4, 0.5) is 5.69 Å². The zero-order chi connectivity index (χ0) is 14.1. The average molecular weight is 347 g/mol. The Bertz CT molecular complexity index is 718. The van der Waals surface area contributed by atoms with Crippen LogP contribution in [0.3, 0.4) is 0 Å². The molecule has 20 heavy (non-hydrogen) atoms. The zero-order valence-corrected chi connectivity index (χ0v) is 13.8. The number of nitrogens with one attached hydrogen (secondary N) is 1. The molecule has 3 aromatic rings. The lowest BCUT2D eigenvalue weighted by molar-refractivity contribution is 0.901. The summed E-state index contributed by atoms with van der Waals surface area (Å²) >= 11 is 5.24. The van der Waals surface area contributed by atoms with Crippen LogP contribution >= 0.6 is 27.3 Å². The van der Waals surface area contributed by atoms with Crippen molar-refractivity contribution in [2.45, 2.75) is 19.9 Å². The van der Waals surface area contributed by atoms with Gasteiger partial charge in [-0.05, 0) is 59.4 Å². The summed E-state index contributed by atoms with van der Waals surface area (Å²) < 4.78 is 2.21. The SMILES string of the molecule is Cc1nc(Br)ccc1NC(C)c1cc2ccccc2s1. The van der Waals surface area contributed by atoms with Crippen molar-refractivity contribution in [3.8, 4) is 0 Å². The normalized spacial score (nSPS) is 12.6. The highest BCUT2D eigenvalue weighted by molar-refractivity contribution is 9.10. The van der Waals surface area contributed by atoms with Crippen molar-refractivity contribution < 1.29 is 0 Å². The fourth-order valence-electron chi connectivity index (χ4n) is 2.20.